The van der Waals surface area contributed by atoms with Gasteiger partial charge in [0.2, 0.25) is 0 Å². The molecule has 1 aromatic rings. The fourth-order valence-electron chi connectivity index (χ4n) is 1.44. The van der Waals surface area contributed by atoms with E-state index in [-0.39, 0.29) is 0 Å². The highest BCUT2D eigenvalue weighted by molar-refractivity contribution is 5.64. The smallest absolute Gasteiger partial charge is 0.118 e. The van der Waals surface area contributed by atoms with Gasteiger partial charge in [-0.3, -0.25) is 0 Å². The van der Waals surface area contributed by atoms with Crippen molar-refractivity contribution < 1.29 is 4.74 Å². The number of benzene rings is 1. The summed E-state index contributed by atoms with van der Waals surface area (Å²) in [5.41, 5.74) is 3.92. The first-order chi connectivity index (χ1) is 7.63. The average Bonchev–Trinajstić information content (AvgIpc) is 2.28. The molecule has 86 valence electrons. The highest BCUT2D eigenvalue weighted by Crippen LogP contribution is 2.18. The average molecular weight is 216 g/mol. The number of hydrogen-bond acceptors (Lipinski definition) is 1. The van der Waals surface area contributed by atoms with E-state index < -0.39 is 0 Å². The molecule has 0 N–H and O–H groups in total. The molecule has 0 aromatic heterocycles. The van der Waals surface area contributed by atoms with E-state index in [2.05, 4.69) is 45.1 Å². The van der Waals surface area contributed by atoms with Crippen LogP contribution in [0.2, 0.25) is 0 Å². The van der Waals surface area contributed by atoms with E-state index in [0.717, 1.165) is 12.2 Å². The van der Waals surface area contributed by atoms with E-state index in [0.29, 0.717) is 0 Å². The lowest BCUT2D eigenvalue weighted by Gasteiger charge is -2.03. The molecular formula is C15H20O. The van der Waals surface area contributed by atoms with Gasteiger partial charge in [0, 0.05) is 0 Å². The van der Waals surface area contributed by atoms with Gasteiger partial charge in [-0.1, -0.05) is 29.9 Å². The fourth-order valence-corrected chi connectivity index (χ4v) is 1.44. The van der Waals surface area contributed by atoms with E-state index in [9.17, 15) is 0 Å². The summed E-state index contributed by atoms with van der Waals surface area (Å²) in [6, 6.07) is 8.17. The van der Waals surface area contributed by atoms with Crippen molar-refractivity contribution in [2.45, 2.75) is 27.2 Å². The summed E-state index contributed by atoms with van der Waals surface area (Å²) >= 11 is 0. The zero-order chi connectivity index (χ0) is 12.0. The molecule has 0 spiro atoms. The maximum atomic E-state index is 5.13. The number of rotatable bonds is 4. The lowest BCUT2D eigenvalue weighted by Crippen LogP contribution is -1.83. The number of ether oxygens (including phenoxy) is 1. The Morgan fingerprint density at radius 2 is 1.69 bits per heavy atom. The minimum atomic E-state index is 0.904. The molecular weight excluding hydrogens is 196 g/mol. The Bertz CT molecular complexity index is 378. The normalized spacial score (nSPS) is 11.1. The molecule has 1 heteroatoms. The number of hydrogen-bond donors (Lipinski definition) is 0. The molecule has 0 saturated carbocycles. The third-order valence-electron chi connectivity index (χ3n) is 2.50. The number of methoxy groups -OCH3 is 1. The van der Waals surface area contributed by atoms with Crippen LogP contribution < -0.4 is 4.74 Å². The summed E-state index contributed by atoms with van der Waals surface area (Å²) in [5.74, 6) is 0.904. The van der Waals surface area contributed by atoms with Crippen molar-refractivity contribution in [3.05, 3.63) is 47.6 Å². The Morgan fingerprint density at radius 1 is 1.06 bits per heavy atom. The molecule has 0 aliphatic heterocycles. The van der Waals surface area contributed by atoms with Gasteiger partial charge >= 0.3 is 0 Å². The standard InChI is InChI=1S/C15H20O/c1-12(2)6-5-7-13(3)14-8-10-15(16-4)11-9-14/h6-11H,5H2,1-4H3. The predicted octanol–water partition coefficient (Wildman–Crippen LogP) is 4.45. The zero-order valence-electron chi connectivity index (χ0n) is 10.6. The molecule has 0 heterocycles. The van der Waals surface area contributed by atoms with Crippen LogP contribution in [-0.4, -0.2) is 7.11 Å². The lowest BCUT2D eigenvalue weighted by molar-refractivity contribution is 0.415. The third-order valence-corrected chi connectivity index (χ3v) is 2.50. The van der Waals surface area contributed by atoms with E-state index in [1.807, 2.05) is 12.1 Å². The summed E-state index contributed by atoms with van der Waals surface area (Å²) in [4.78, 5) is 0. The van der Waals surface area contributed by atoms with Crippen LogP contribution in [0.4, 0.5) is 0 Å². The highest BCUT2D eigenvalue weighted by Gasteiger charge is 1.95. The summed E-state index contributed by atoms with van der Waals surface area (Å²) in [6.45, 7) is 6.38. The Balaban J connectivity index is 2.72. The van der Waals surface area contributed by atoms with Crippen molar-refractivity contribution in [2.75, 3.05) is 7.11 Å². The maximum absolute atomic E-state index is 5.13. The Kier molecular flexibility index (Phi) is 4.84. The monoisotopic (exact) mass is 216 g/mol. The molecule has 0 saturated heterocycles. The Hall–Kier alpha value is -1.50. The molecule has 0 unspecified atom stereocenters. The molecule has 0 aliphatic carbocycles. The second kappa shape index (κ2) is 6.16. The van der Waals surface area contributed by atoms with Crippen molar-refractivity contribution in [3.8, 4) is 5.75 Å². The van der Waals surface area contributed by atoms with Crippen LogP contribution in [-0.2, 0) is 0 Å². The molecule has 0 aliphatic rings. The van der Waals surface area contributed by atoms with Gasteiger partial charge in [-0.25, -0.2) is 0 Å². The highest BCUT2D eigenvalue weighted by atomic mass is 16.5. The van der Waals surface area contributed by atoms with Crippen LogP contribution in [0, 0.1) is 0 Å². The topological polar surface area (TPSA) is 9.23 Å². The van der Waals surface area contributed by atoms with E-state index in [1.165, 1.54) is 16.7 Å². The minimum Gasteiger partial charge on any atom is -0.497 e. The fraction of sp³-hybridized carbons (Fsp3) is 0.333. The summed E-state index contributed by atoms with van der Waals surface area (Å²) in [7, 11) is 1.69. The summed E-state index contributed by atoms with van der Waals surface area (Å²) < 4.78 is 5.13. The van der Waals surface area contributed by atoms with E-state index in [4.69, 9.17) is 4.74 Å². The largest absolute Gasteiger partial charge is 0.497 e. The first-order valence-corrected chi connectivity index (χ1v) is 5.58. The SMILES string of the molecule is COc1ccc(C(C)=CCC=C(C)C)cc1. The molecule has 0 radical (unpaired) electrons. The quantitative estimate of drug-likeness (QED) is 0.675. The summed E-state index contributed by atoms with van der Waals surface area (Å²) in [6.07, 6.45) is 5.47. The van der Waals surface area contributed by atoms with Crippen LogP contribution in [0.25, 0.3) is 5.57 Å². The molecule has 0 amide bonds. The molecule has 1 aromatic carbocycles. The van der Waals surface area contributed by atoms with E-state index in [1.54, 1.807) is 7.11 Å². The third kappa shape index (κ3) is 3.93. The lowest BCUT2D eigenvalue weighted by atomic mass is 10.1. The van der Waals surface area contributed by atoms with Gasteiger partial charge in [-0.2, -0.15) is 0 Å². The molecule has 0 atom stereocenters. The van der Waals surface area contributed by atoms with Crippen molar-refractivity contribution in [2.24, 2.45) is 0 Å². The predicted molar refractivity (Wildman–Crippen MR) is 70.7 cm³/mol. The van der Waals surface area contributed by atoms with Crippen molar-refractivity contribution in [3.63, 3.8) is 0 Å². The van der Waals surface area contributed by atoms with Crippen molar-refractivity contribution in [1.82, 2.24) is 0 Å². The van der Waals surface area contributed by atoms with Gasteiger partial charge in [0.25, 0.3) is 0 Å². The Morgan fingerprint density at radius 3 is 2.19 bits per heavy atom. The number of allylic oxidation sites excluding steroid dienone is 4. The van der Waals surface area contributed by atoms with Crippen LogP contribution in [0.15, 0.2) is 42.0 Å². The van der Waals surface area contributed by atoms with Crippen LogP contribution in [0.3, 0.4) is 0 Å². The molecule has 1 nitrogen and oxygen atoms in total. The van der Waals surface area contributed by atoms with Crippen LogP contribution in [0.5, 0.6) is 5.75 Å². The van der Waals surface area contributed by atoms with Crippen molar-refractivity contribution in [1.29, 1.82) is 0 Å². The van der Waals surface area contributed by atoms with Gasteiger partial charge in [0.15, 0.2) is 0 Å². The van der Waals surface area contributed by atoms with Gasteiger partial charge in [0.1, 0.15) is 5.75 Å². The first kappa shape index (κ1) is 12.6. The van der Waals surface area contributed by atoms with Gasteiger partial charge in [0.05, 0.1) is 7.11 Å². The first-order valence-electron chi connectivity index (χ1n) is 5.58. The second-order valence-corrected chi connectivity index (χ2v) is 4.13. The maximum Gasteiger partial charge on any atom is 0.118 e. The van der Waals surface area contributed by atoms with Gasteiger partial charge < -0.3 is 4.74 Å². The molecule has 0 bridgehead atoms. The van der Waals surface area contributed by atoms with Gasteiger partial charge in [-0.05, 0) is 50.5 Å². The Labute approximate surface area is 98.5 Å². The zero-order valence-corrected chi connectivity index (χ0v) is 10.6. The van der Waals surface area contributed by atoms with Crippen molar-refractivity contribution >= 4 is 5.57 Å². The summed E-state index contributed by atoms with van der Waals surface area (Å²) in [5, 5.41) is 0. The minimum absolute atomic E-state index is 0.904. The molecule has 0 fully saturated rings. The molecule has 16 heavy (non-hydrogen) atoms. The van der Waals surface area contributed by atoms with Crippen LogP contribution in [0.1, 0.15) is 32.8 Å². The second-order valence-electron chi connectivity index (χ2n) is 4.13. The van der Waals surface area contributed by atoms with Crippen LogP contribution >= 0.6 is 0 Å². The van der Waals surface area contributed by atoms with Gasteiger partial charge in [-0.15, -0.1) is 0 Å². The van der Waals surface area contributed by atoms with E-state index >= 15 is 0 Å². The molecule has 1 rings (SSSR count).